The van der Waals surface area contributed by atoms with Crippen LogP contribution < -0.4 is 16.0 Å². The molecule has 0 radical (unpaired) electrons. The number of benzene rings is 1. The van der Waals surface area contributed by atoms with Crippen molar-refractivity contribution in [3.63, 3.8) is 0 Å². The summed E-state index contributed by atoms with van der Waals surface area (Å²) in [5, 5.41) is 0.414. The fourth-order valence-corrected chi connectivity index (χ4v) is 2.75. The standard InChI is InChI=1S/C17H10ClF3N2O4/c1-3-4-26-13-5-9-11(8-27-12(9)6-10(13)18)23-15(24)7-14(17(19,20)21)22(2)16(23)25/h1,5-8H,4H2,2H3. The molecule has 3 aromatic rings. The highest BCUT2D eigenvalue weighted by atomic mass is 35.5. The summed E-state index contributed by atoms with van der Waals surface area (Å²) in [6, 6.07) is 3.11. The second kappa shape index (κ2) is 6.55. The van der Waals surface area contributed by atoms with E-state index in [2.05, 4.69) is 5.92 Å². The molecule has 0 saturated carbocycles. The lowest BCUT2D eigenvalue weighted by atomic mass is 10.2. The molecule has 2 aromatic heterocycles. The first kappa shape index (κ1) is 18.7. The Morgan fingerprint density at radius 3 is 2.63 bits per heavy atom. The molecule has 0 saturated heterocycles. The third kappa shape index (κ3) is 3.19. The van der Waals surface area contributed by atoms with Crippen LogP contribution in [0.5, 0.6) is 5.75 Å². The van der Waals surface area contributed by atoms with Gasteiger partial charge in [0.1, 0.15) is 35.6 Å². The molecule has 0 atom stereocenters. The number of fused-ring (bicyclic) bond motifs is 1. The van der Waals surface area contributed by atoms with Crippen molar-refractivity contribution < 1.29 is 22.3 Å². The van der Waals surface area contributed by atoms with E-state index < -0.39 is 23.1 Å². The summed E-state index contributed by atoms with van der Waals surface area (Å²) in [6.07, 6.45) is 1.35. The molecule has 140 valence electrons. The van der Waals surface area contributed by atoms with Crippen LogP contribution in [0.25, 0.3) is 16.7 Å². The van der Waals surface area contributed by atoms with Crippen LogP contribution in [-0.2, 0) is 13.2 Å². The Bertz CT molecular complexity index is 1200. The zero-order valence-electron chi connectivity index (χ0n) is 13.6. The third-order valence-electron chi connectivity index (χ3n) is 3.77. The Hall–Kier alpha value is -3.12. The maximum absolute atomic E-state index is 13.0. The van der Waals surface area contributed by atoms with Gasteiger partial charge in [-0.25, -0.2) is 9.36 Å². The van der Waals surface area contributed by atoms with Crippen molar-refractivity contribution in [1.29, 1.82) is 0 Å². The topological polar surface area (TPSA) is 66.4 Å². The van der Waals surface area contributed by atoms with Gasteiger partial charge in [0, 0.05) is 24.6 Å². The van der Waals surface area contributed by atoms with Crippen LogP contribution in [0.4, 0.5) is 13.2 Å². The fraction of sp³-hybridized carbons (Fsp3) is 0.176. The van der Waals surface area contributed by atoms with Gasteiger partial charge >= 0.3 is 11.9 Å². The monoisotopic (exact) mass is 398 g/mol. The first-order valence-corrected chi connectivity index (χ1v) is 7.70. The summed E-state index contributed by atoms with van der Waals surface area (Å²) in [6.45, 7) is -0.0829. The van der Waals surface area contributed by atoms with Gasteiger partial charge in [-0.3, -0.25) is 9.36 Å². The number of hydrogen-bond acceptors (Lipinski definition) is 4. The number of nitrogens with zero attached hydrogens (tertiary/aromatic N) is 2. The van der Waals surface area contributed by atoms with Crippen LogP contribution in [0, 0.1) is 12.3 Å². The van der Waals surface area contributed by atoms with Crippen LogP contribution >= 0.6 is 11.6 Å². The highest BCUT2D eigenvalue weighted by Crippen LogP contribution is 2.34. The summed E-state index contributed by atoms with van der Waals surface area (Å²) in [7, 11) is 0.918. The van der Waals surface area contributed by atoms with Crippen LogP contribution in [0.2, 0.25) is 5.02 Å². The molecule has 6 nitrogen and oxygen atoms in total. The Balaban J connectivity index is 2.28. The number of furan rings is 1. The zero-order valence-corrected chi connectivity index (χ0v) is 14.4. The maximum Gasteiger partial charge on any atom is 0.431 e. The van der Waals surface area contributed by atoms with Crippen molar-refractivity contribution in [2.24, 2.45) is 7.05 Å². The van der Waals surface area contributed by atoms with E-state index in [4.69, 9.17) is 27.2 Å². The van der Waals surface area contributed by atoms with Gasteiger partial charge in [-0.2, -0.15) is 13.2 Å². The highest BCUT2D eigenvalue weighted by molar-refractivity contribution is 6.32. The second-order valence-electron chi connectivity index (χ2n) is 5.44. The van der Waals surface area contributed by atoms with E-state index in [0.29, 0.717) is 15.2 Å². The Morgan fingerprint density at radius 2 is 2.00 bits per heavy atom. The lowest BCUT2D eigenvalue weighted by Gasteiger charge is -2.13. The number of alkyl halides is 3. The van der Waals surface area contributed by atoms with Gasteiger partial charge in [-0.15, -0.1) is 6.42 Å². The van der Waals surface area contributed by atoms with Crippen molar-refractivity contribution in [3.05, 3.63) is 56.0 Å². The van der Waals surface area contributed by atoms with E-state index in [9.17, 15) is 22.8 Å². The van der Waals surface area contributed by atoms with Crippen molar-refractivity contribution in [1.82, 2.24) is 9.13 Å². The first-order chi connectivity index (χ1) is 12.6. The molecule has 1 aromatic carbocycles. The summed E-state index contributed by atoms with van der Waals surface area (Å²) in [5.74, 6) is 2.43. The van der Waals surface area contributed by atoms with Gasteiger partial charge in [0.15, 0.2) is 0 Å². The minimum Gasteiger partial charge on any atom is -0.479 e. The number of ether oxygens (including phenoxy) is 1. The molecule has 2 heterocycles. The lowest BCUT2D eigenvalue weighted by Crippen LogP contribution is -2.40. The van der Waals surface area contributed by atoms with Gasteiger partial charge < -0.3 is 9.15 Å². The van der Waals surface area contributed by atoms with E-state index >= 15 is 0 Å². The van der Waals surface area contributed by atoms with Gasteiger partial charge in [0.05, 0.1) is 5.02 Å². The molecule has 27 heavy (non-hydrogen) atoms. The minimum atomic E-state index is -4.85. The predicted octanol–water partition coefficient (Wildman–Crippen LogP) is 2.97. The van der Waals surface area contributed by atoms with E-state index in [1.807, 2.05) is 0 Å². The molecule has 0 N–H and O–H groups in total. The fourth-order valence-electron chi connectivity index (χ4n) is 2.54. The van der Waals surface area contributed by atoms with Crippen molar-refractivity contribution in [3.8, 4) is 23.8 Å². The molecule has 0 amide bonds. The number of halogens is 4. The molecule has 0 bridgehead atoms. The smallest absolute Gasteiger partial charge is 0.431 e. The second-order valence-corrected chi connectivity index (χ2v) is 5.84. The number of terminal acetylenes is 1. The molecule has 0 fully saturated rings. The molecule has 0 aliphatic heterocycles. The van der Waals surface area contributed by atoms with Gasteiger partial charge in [-0.05, 0) is 6.07 Å². The quantitative estimate of drug-likeness (QED) is 0.636. The number of aromatic nitrogens is 2. The van der Waals surface area contributed by atoms with E-state index in [-0.39, 0.29) is 34.0 Å². The third-order valence-corrected chi connectivity index (χ3v) is 4.07. The average molecular weight is 399 g/mol. The number of rotatable bonds is 3. The van der Waals surface area contributed by atoms with E-state index in [1.165, 1.54) is 12.1 Å². The highest BCUT2D eigenvalue weighted by Gasteiger charge is 2.35. The van der Waals surface area contributed by atoms with Crippen LogP contribution in [-0.4, -0.2) is 15.7 Å². The summed E-state index contributed by atoms with van der Waals surface area (Å²) < 4.78 is 50.4. The Kier molecular flexibility index (Phi) is 4.53. The SMILES string of the molecule is C#CCOc1cc2c(-n3c(=O)cc(C(F)(F)F)n(C)c3=O)coc2cc1Cl. The summed E-state index contributed by atoms with van der Waals surface area (Å²) in [4.78, 5) is 24.7. The van der Waals surface area contributed by atoms with Gasteiger partial charge in [-0.1, -0.05) is 17.5 Å². The molecular formula is C17H10ClF3N2O4. The van der Waals surface area contributed by atoms with Crippen LogP contribution in [0.1, 0.15) is 5.69 Å². The summed E-state index contributed by atoms with van der Waals surface area (Å²) >= 11 is 6.04. The molecule has 10 heteroatoms. The van der Waals surface area contributed by atoms with E-state index in [1.54, 1.807) is 0 Å². The molecular weight excluding hydrogens is 389 g/mol. The largest absolute Gasteiger partial charge is 0.479 e. The van der Waals surface area contributed by atoms with Crippen LogP contribution in [0.3, 0.4) is 0 Å². The zero-order chi connectivity index (χ0) is 19.9. The van der Waals surface area contributed by atoms with Gasteiger partial charge in [0.2, 0.25) is 0 Å². The molecule has 3 rings (SSSR count). The number of hydrogen-bond donors (Lipinski definition) is 0. The average Bonchev–Trinajstić information content (AvgIpc) is 2.97. The lowest BCUT2D eigenvalue weighted by molar-refractivity contribution is -0.144. The molecule has 0 aliphatic carbocycles. The Morgan fingerprint density at radius 1 is 1.30 bits per heavy atom. The van der Waals surface area contributed by atoms with Crippen LogP contribution in [0.15, 0.2) is 38.5 Å². The first-order valence-electron chi connectivity index (χ1n) is 7.33. The molecule has 0 spiro atoms. The summed E-state index contributed by atoms with van der Waals surface area (Å²) in [5.41, 5.74) is -3.54. The van der Waals surface area contributed by atoms with E-state index in [0.717, 1.165) is 13.3 Å². The molecule has 0 unspecified atom stereocenters. The van der Waals surface area contributed by atoms with Gasteiger partial charge in [0.25, 0.3) is 5.56 Å². The van der Waals surface area contributed by atoms with Crippen molar-refractivity contribution >= 4 is 22.6 Å². The maximum atomic E-state index is 13.0. The predicted molar refractivity (Wildman–Crippen MR) is 91.4 cm³/mol. The minimum absolute atomic E-state index is 0.0495. The molecule has 0 aliphatic rings. The Labute approximate surface area is 154 Å². The van der Waals surface area contributed by atoms with Crippen molar-refractivity contribution in [2.75, 3.05) is 6.61 Å². The van der Waals surface area contributed by atoms with Crippen molar-refractivity contribution in [2.45, 2.75) is 6.18 Å². The normalized spacial score (nSPS) is 11.6.